The monoisotopic (exact) mass is 210 g/mol. The minimum Gasteiger partial charge on any atom is -0.328 e. The van der Waals surface area contributed by atoms with Gasteiger partial charge >= 0.3 is 0 Å². The topological polar surface area (TPSA) is 29.3 Å². The molecular weight excluding hydrogens is 184 g/mol. The van der Waals surface area contributed by atoms with Crippen molar-refractivity contribution in [3.63, 3.8) is 0 Å². The van der Waals surface area contributed by atoms with Gasteiger partial charge in [0, 0.05) is 24.2 Å². The van der Waals surface area contributed by atoms with E-state index in [2.05, 4.69) is 18.7 Å². The smallest absolute Gasteiger partial charge is 0.0116 e. The molecule has 2 fully saturated rings. The van der Waals surface area contributed by atoms with E-state index in [-0.39, 0.29) is 0 Å². The van der Waals surface area contributed by atoms with Crippen molar-refractivity contribution in [3.8, 4) is 0 Å². The zero-order chi connectivity index (χ0) is 10.8. The highest BCUT2D eigenvalue weighted by atomic mass is 15.2. The summed E-state index contributed by atoms with van der Waals surface area (Å²) in [6, 6.07) is 2.80. The Morgan fingerprint density at radius 1 is 0.933 bits per heavy atom. The molecule has 15 heavy (non-hydrogen) atoms. The van der Waals surface area contributed by atoms with Gasteiger partial charge in [-0.15, -0.1) is 0 Å². The Kier molecular flexibility index (Phi) is 3.68. The van der Waals surface area contributed by atoms with Crippen molar-refractivity contribution < 1.29 is 0 Å². The molecule has 1 aliphatic carbocycles. The lowest BCUT2D eigenvalue weighted by molar-refractivity contribution is 0.0339. The molecule has 0 aromatic rings. The fraction of sp³-hybridized carbons (Fsp3) is 1.00. The van der Waals surface area contributed by atoms with E-state index in [1.54, 1.807) is 0 Å². The van der Waals surface area contributed by atoms with E-state index in [1.165, 1.54) is 44.9 Å². The van der Waals surface area contributed by atoms with Crippen LogP contribution in [-0.4, -0.2) is 29.1 Å². The van der Waals surface area contributed by atoms with Gasteiger partial charge in [0.2, 0.25) is 0 Å². The lowest BCUT2D eigenvalue weighted by Crippen LogP contribution is -2.52. The van der Waals surface area contributed by atoms with Crippen molar-refractivity contribution in [1.29, 1.82) is 0 Å². The van der Waals surface area contributed by atoms with Crippen molar-refractivity contribution >= 4 is 0 Å². The number of hydrogen-bond acceptors (Lipinski definition) is 2. The predicted octanol–water partition coefficient (Wildman–Crippen LogP) is 2.52. The van der Waals surface area contributed by atoms with Crippen LogP contribution in [0.3, 0.4) is 0 Å². The molecule has 1 aliphatic heterocycles. The predicted molar refractivity (Wildman–Crippen MR) is 64.8 cm³/mol. The summed E-state index contributed by atoms with van der Waals surface area (Å²) >= 11 is 0. The third-order valence-corrected chi connectivity index (χ3v) is 4.37. The van der Waals surface area contributed by atoms with E-state index in [0.717, 1.165) is 18.1 Å². The molecule has 2 aliphatic rings. The summed E-state index contributed by atoms with van der Waals surface area (Å²) in [4.78, 5) is 2.77. The van der Waals surface area contributed by atoms with Crippen molar-refractivity contribution in [3.05, 3.63) is 0 Å². The lowest BCUT2D eigenvalue weighted by atomic mass is 9.86. The van der Waals surface area contributed by atoms with Crippen LogP contribution < -0.4 is 5.73 Å². The molecule has 88 valence electrons. The van der Waals surface area contributed by atoms with Crippen LogP contribution in [-0.2, 0) is 0 Å². The van der Waals surface area contributed by atoms with Crippen LogP contribution in [0.5, 0.6) is 0 Å². The van der Waals surface area contributed by atoms with E-state index in [1.807, 2.05) is 0 Å². The number of hydrogen-bond donors (Lipinski definition) is 1. The molecule has 0 radical (unpaired) electrons. The van der Waals surface area contributed by atoms with Crippen molar-refractivity contribution in [2.75, 3.05) is 0 Å². The van der Waals surface area contributed by atoms with Gasteiger partial charge in [-0.25, -0.2) is 0 Å². The Bertz CT molecular complexity index is 195. The number of rotatable bonds is 1. The molecule has 1 heterocycles. The number of nitrogens with zero attached hydrogens (tertiary/aromatic N) is 1. The highest BCUT2D eigenvalue weighted by Crippen LogP contribution is 2.31. The molecule has 2 heteroatoms. The number of likely N-dealkylation sites (tertiary alicyclic amines) is 1. The van der Waals surface area contributed by atoms with Gasteiger partial charge < -0.3 is 5.73 Å². The van der Waals surface area contributed by atoms with Crippen molar-refractivity contribution in [2.24, 2.45) is 5.73 Å². The second kappa shape index (κ2) is 4.84. The summed E-state index contributed by atoms with van der Waals surface area (Å²) in [5, 5.41) is 0. The number of nitrogens with two attached hydrogens (primary N) is 1. The summed E-state index contributed by atoms with van der Waals surface area (Å²) in [5.74, 6) is 0. The molecule has 2 nitrogen and oxygen atoms in total. The van der Waals surface area contributed by atoms with Gasteiger partial charge in [-0.3, -0.25) is 4.90 Å². The molecule has 4 unspecified atom stereocenters. The summed E-state index contributed by atoms with van der Waals surface area (Å²) in [6.45, 7) is 4.80. The zero-order valence-electron chi connectivity index (χ0n) is 10.3. The molecule has 0 bridgehead atoms. The van der Waals surface area contributed by atoms with Crippen molar-refractivity contribution in [2.45, 2.75) is 83.0 Å². The largest absolute Gasteiger partial charge is 0.328 e. The van der Waals surface area contributed by atoms with Crippen LogP contribution in [0, 0.1) is 0 Å². The van der Waals surface area contributed by atoms with Crippen LogP contribution in [0.1, 0.15) is 58.8 Å². The Labute approximate surface area is 94.2 Å². The summed E-state index contributed by atoms with van der Waals surface area (Å²) in [7, 11) is 0. The Balaban J connectivity index is 1.99. The van der Waals surface area contributed by atoms with Gasteiger partial charge in [0.25, 0.3) is 0 Å². The first-order valence-corrected chi connectivity index (χ1v) is 6.71. The maximum Gasteiger partial charge on any atom is 0.0116 e. The number of piperidine rings is 1. The summed E-state index contributed by atoms with van der Waals surface area (Å²) in [5.41, 5.74) is 6.10. The average molecular weight is 210 g/mol. The SMILES string of the molecule is CC1CCCC(C)N1C1CCCC(N)C1. The fourth-order valence-electron chi connectivity index (χ4n) is 3.63. The minimum absolute atomic E-state index is 0.463. The Morgan fingerprint density at radius 3 is 2.13 bits per heavy atom. The van der Waals surface area contributed by atoms with Gasteiger partial charge in [-0.05, 0) is 46.0 Å². The second-order valence-corrected chi connectivity index (χ2v) is 5.66. The molecule has 0 aromatic carbocycles. The van der Waals surface area contributed by atoms with Crippen LogP contribution in [0.4, 0.5) is 0 Å². The van der Waals surface area contributed by atoms with Crippen LogP contribution in [0.15, 0.2) is 0 Å². The fourth-order valence-corrected chi connectivity index (χ4v) is 3.63. The van der Waals surface area contributed by atoms with Crippen LogP contribution in [0.2, 0.25) is 0 Å². The highest BCUT2D eigenvalue weighted by Gasteiger charge is 2.33. The second-order valence-electron chi connectivity index (χ2n) is 5.66. The molecule has 0 amide bonds. The first-order valence-electron chi connectivity index (χ1n) is 6.71. The van der Waals surface area contributed by atoms with Gasteiger partial charge in [-0.1, -0.05) is 12.8 Å². The lowest BCUT2D eigenvalue weighted by Gasteiger charge is -2.46. The van der Waals surface area contributed by atoms with Crippen LogP contribution >= 0.6 is 0 Å². The van der Waals surface area contributed by atoms with Crippen LogP contribution in [0.25, 0.3) is 0 Å². The molecule has 1 saturated carbocycles. The van der Waals surface area contributed by atoms with Gasteiger partial charge in [0.15, 0.2) is 0 Å². The van der Waals surface area contributed by atoms with Gasteiger partial charge in [-0.2, -0.15) is 0 Å². The molecule has 2 N–H and O–H groups in total. The van der Waals surface area contributed by atoms with Gasteiger partial charge in [0.1, 0.15) is 0 Å². The standard InChI is InChI=1S/C13H26N2/c1-10-5-3-6-11(2)15(10)13-8-4-7-12(14)9-13/h10-13H,3-9,14H2,1-2H3. The van der Waals surface area contributed by atoms with E-state index in [0.29, 0.717) is 6.04 Å². The zero-order valence-corrected chi connectivity index (χ0v) is 10.3. The quantitative estimate of drug-likeness (QED) is 0.720. The third-order valence-electron chi connectivity index (χ3n) is 4.37. The molecule has 0 spiro atoms. The van der Waals surface area contributed by atoms with E-state index >= 15 is 0 Å². The third kappa shape index (κ3) is 2.54. The first kappa shape index (κ1) is 11.4. The summed E-state index contributed by atoms with van der Waals surface area (Å²) in [6.07, 6.45) is 9.37. The highest BCUT2D eigenvalue weighted by molar-refractivity contribution is 4.89. The van der Waals surface area contributed by atoms with Crippen molar-refractivity contribution in [1.82, 2.24) is 4.90 Å². The maximum absolute atomic E-state index is 6.10. The summed E-state index contributed by atoms with van der Waals surface area (Å²) < 4.78 is 0. The average Bonchev–Trinajstić information content (AvgIpc) is 2.17. The minimum atomic E-state index is 0.463. The molecule has 4 atom stereocenters. The molecule has 1 saturated heterocycles. The molecule has 2 rings (SSSR count). The molecule has 0 aromatic heterocycles. The maximum atomic E-state index is 6.10. The van der Waals surface area contributed by atoms with E-state index in [4.69, 9.17) is 5.73 Å². The Hall–Kier alpha value is -0.0800. The normalized spacial score (nSPS) is 44.2. The Morgan fingerprint density at radius 2 is 1.53 bits per heavy atom. The van der Waals surface area contributed by atoms with E-state index < -0.39 is 0 Å². The first-order chi connectivity index (χ1) is 7.18. The van der Waals surface area contributed by atoms with E-state index in [9.17, 15) is 0 Å². The molecular formula is C13H26N2. The van der Waals surface area contributed by atoms with Gasteiger partial charge in [0.05, 0.1) is 0 Å².